The van der Waals surface area contributed by atoms with Gasteiger partial charge in [0.25, 0.3) is 0 Å². The Balaban J connectivity index is 0.00000541. The predicted octanol–water partition coefficient (Wildman–Crippen LogP) is 10.5. The number of esters is 1. The summed E-state index contributed by atoms with van der Waals surface area (Å²) < 4.78 is 13.1. The van der Waals surface area contributed by atoms with E-state index in [0.29, 0.717) is 30.9 Å². The van der Waals surface area contributed by atoms with Gasteiger partial charge in [-0.3, -0.25) is 4.79 Å². The van der Waals surface area contributed by atoms with Crippen LogP contribution < -0.4 is 11.1 Å². The topological polar surface area (TPSA) is 73.6 Å². The third kappa shape index (κ3) is 13.2. The van der Waals surface area contributed by atoms with Crippen LogP contribution in [0.3, 0.4) is 0 Å². The molecule has 0 aromatic heterocycles. The van der Waals surface area contributed by atoms with Crippen molar-refractivity contribution in [1.82, 2.24) is 5.32 Å². The van der Waals surface area contributed by atoms with Crippen molar-refractivity contribution in [1.29, 1.82) is 0 Å². The van der Waals surface area contributed by atoms with Crippen LogP contribution in [0, 0.1) is 18.3 Å². The van der Waals surface area contributed by atoms with Crippen LogP contribution in [0.25, 0.3) is 0 Å². The molecule has 1 aromatic carbocycles. The first-order chi connectivity index (χ1) is 21.0. The van der Waals surface area contributed by atoms with Crippen molar-refractivity contribution in [3.8, 4) is 0 Å². The molecule has 0 saturated carbocycles. The summed E-state index contributed by atoms with van der Waals surface area (Å²) in [7, 11) is 0. The van der Waals surface area contributed by atoms with Crippen LogP contribution in [0.1, 0.15) is 172 Å². The third-order valence-corrected chi connectivity index (χ3v) is 9.29. The van der Waals surface area contributed by atoms with Crippen LogP contribution in [-0.4, -0.2) is 34.8 Å². The number of hydrogen-bond donors (Lipinski definition) is 2. The van der Waals surface area contributed by atoms with Crippen molar-refractivity contribution in [2.75, 3.05) is 0 Å². The van der Waals surface area contributed by atoms with Crippen LogP contribution in [0.15, 0.2) is 24.5 Å². The van der Waals surface area contributed by atoms with Crippen LogP contribution in [0.5, 0.6) is 0 Å². The number of nitrogens with one attached hydrogen (secondary N) is 1. The summed E-state index contributed by atoms with van der Waals surface area (Å²) in [6, 6.07) is 4.69. The van der Waals surface area contributed by atoms with Crippen LogP contribution in [-0.2, 0) is 31.5 Å². The fraction of sp³-hybridized carbons (Fsp3) is 0.786. The van der Waals surface area contributed by atoms with Gasteiger partial charge < -0.3 is 20.5 Å². The molecule has 1 aliphatic rings. The minimum absolute atomic E-state index is 0.00273. The Morgan fingerprint density at radius 1 is 0.936 bits per heavy atom. The lowest BCUT2D eigenvalue weighted by Crippen LogP contribution is -2.59. The van der Waals surface area contributed by atoms with Crippen molar-refractivity contribution in [2.45, 2.75) is 203 Å². The van der Waals surface area contributed by atoms with Gasteiger partial charge in [0.15, 0.2) is 0 Å². The SMILES string of the molecule is C=C(OC1CC(C)(C)NC(C)(C)C1)C(C)(CCc1cc(C(C)(C)C)c(C)c(C(C)(C)C)c1)C(=O)OC(CC(C)C)CC(C)(C)N.CC. The lowest BCUT2D eigenvalue weighted by molar-refractivity contribution is -0.163. The lowest BCUT2D eigenvalue weighted by Gasteiger charge is -2.47. The highest BCUT2D eigenvalue weighted by atomic mass is 16.6. The fourth-order valence-electron chi connectivity index (χ4n) is 7.44. The highest BCUT2D eigenvalue weighted by Crippen LogP contribution is 2.41. The van der Waals surface area contributed by atoms with Gasteiger partial charge in [0.05, 0.1) is 0 Å². The highest BCUT2D eigenvalue weighted by molar-refractivity contribution is 5.79. The summed E-state index contributed by atoms with van der Waals surface area (Å²) in [4.78, 5) is 14.4. The van der Waals surface area contributed by atoms with Gasteiger partial charge in [0.1, 0.15) is 23.4 Å². The molecule has 1 fully saturated rings. The molecule has 0 aliphatic carbocycles. The summed E-state index contributed by atoms with van der Waals surface area (Å²) in [6.45, 7) is 43.5. The van der Waals surface area contributed by atoms with E-state index in [-0.39, 0.29) is 40.1 Å². The van der Waals surface area contributed by atoms with Crippen molar-refractivity contribution in [3.63, 3.8) is 0 Å². The lowest BCUT2D eigenvalue weighted by atomic mass is 9.74. The molecule has 3 N–H and O–H groups in total. The number of nitrogens with two attached hydrogens (primary N) is 1. The largest absolute Gasteiger partial charge is 0.494 e. The van der Waals surface area contributed by atoms with Crippen LogP contribution >= 0.6 is 0 Å². The third-order valence-electron chi connectivity index (χ3n) is 9.29. The van der Waals surface area contributed by atoms with Crippen molar-refractivity contribution in [3.05, 3.63) is 46.7 Å². The van der Waals surface area contributed by atoms with Gasteiger partial charge in [-0.25, -0.2) is 0 Å². The van der Waals surface area contributed by atoms with Gasteiger partial charge in [-0.15, -0.1) is 0 Å². The molecule has 5 heteroatoms. The number of carbonyl (C=O) groups excluding carboxylic acids is 1. The smallest absolute Gasteiger partial charge is 0.319 e. The van der Waals surface area contributed by atoms with E-state index < -0.39 is 11.0 Å². The second-order valence-electron chi connectivity index (χ2n) is 19.0. The first-order valence-electron chi connectivity index (χ1n) is 18.3. The van der Waals surface area contributed by atoms with E-state index in [9.17, 15) is 4.79 Å². The Morgan fingerprint density at radius 3 is 1.77 bits per heavy atom. The average Bonchev–Trinajstić information content (AvgIpc) is 2.84. The molecular weight excluding hydrogens is 580 g/mol. The maximum Gasteiger partial charge on any atom is 0.319 e. The van der Waals surface area contributed by atoms with Gasteiger partial charge in [0.2, 0.25) is 0 Å². The summed E-state index contributed by atoms with van der Waals surface area (Å²) >= 11 is 0. The van der Waals surface area contributed by atoms with E-state index in [1.807, 2.05) is 34.6 Å². The summed E-state index contributed by atoms with van der Waals surface area (Å²) in [5, 5.41) is 3.74. The Labute approximate surface area is 291 Å². The minimum Gasteiger partial charge on any atom is -0.494 e. The number of hydrogen-bond acceptors (Lipinski definition) is 5. The number of ether oxygens (including phenoxy) is 2. The fourth-order valence-corrected chi connectivity index (χ4v) is 7.44. The van der Waals surface area contributed by atoms with Crippen molar-refractivity contribution < 1.29 is 14.3 Å². The molecule has 272 valence electrons. The summed E-state index contributed by atoms with van der Waals surface area (Å²) in [6.07, 6.45) is 3.94. The molecular formula is C42H76N2O3. The van der Waals surface area contributed by atoms with Crippen LogP contribution in [0.2, 0.25) is 0 Å². The first-order valence-corrected chi connectivity index (χ1v) is 18.3. The van der Waals surface area contributed by atoms with Gasteiger partial charge >= 0.3 is 5.97 Å². The minimum atomic E-state index is -1.03. The number of benzene rings is 1. The molecule has 0 radical (unpaired) electrons. The average molecular weight is 657 g/mol. The van der Waals surface area contributed by atoms with E-state index in [0.717, 1.165) is 19.3 Å². The van der Waals surface area contributed by atoms with E-state index in [2.05, 4.69) is 114 Å². The normalized spacial score (nSPS) is 18.9. The van der Waals surface area contributed by atoms with Crippen LogP contribution in [0.4, 0.5) is 0 Å². The molecule has 1 heterocycles. The molecule has 2 unspecified atom stereocenters. The highest BCUT2D eigenvalue weighted by Gasteiger charge is 2.45. The standard InChI is InChI=1S/C40H70N2O3.C2H6/c1-26(2)20-30(23-37(11,12)41)45-34(43)40(17,28(4)44-31-24-38(13,14)42-39(15,16)25-31)19-18-29-21-32(35(5,6)7)27(3)33(22-29)36(8,9)10;1-2/h21-22,26,30-31,42H,4,18-20,23-25,41H2,1-3,5-17H3;1-2H3. The van der Waals surface area contributed by atoms with Gasteiger partial charge in [-0.05, 0) is 114 Å². The molecule has 2 rings (SSSR count). The molecule has 47 heavy (non-hydrogen) atoms. The molecule has 0 bridgehead atoms. The Kier molecular flexibility index (Phi) is 14.5. The summed E-state index contributed by atoms with van der Waals surface area (Å²) in [5.74, 6) is 0.601. The predicted molar refractivity (Wildman–Crippen MR) is 203 cm³/mol. The number of piperidine rings is 1. The summed E-state index contributed by atoms with van der Waals surface area (Å²) in [5.41, 5.74) is 10.1. The van der Waals surface area contributed by atoms with Gasteiger partial charge in [-0.2, -0.15) is 0 Å². The number of rotatable bonds is 12. The Morgan fingerprint density at radius 2 is 1.38 bits per heavy atom. The molecule has 1 aliphatic heterocycles. The second kappa shape index (κ2) is 15.8. The van der Waals surface area contributed by atoms with Crippen molar-refractivity contribution >= 4 is 5.97 Å². The van der Waals surface area contributed by atoms with E-state index in [1.54, 1.807) is 0 Å². The molecule has 0 spiro atoms. The van der Waals surface area contributed by atoms with E-state index >= 15 is 0 Å². The molecule has 1 aromatic rings. The number of carbonyl (C=O) groups is 1. The molecule has 0 amide bonds. The number of aryl methyl sites for hydroxylation is 1. The Hall–Kier alpha value is -1.85. The molecule has 2 atom stereocenters. The zero-order valence-corrected chi connectivity index (χ0v) is 34.1. The van der Waals surface area contributed by atoms with Gasteiger partial charge in [-0.1, -0.05) is 87.9 Å². The molecule has 1 saturated heterocycles. The maximum absolute atomic E-state index is 14.4. The van der Waals surface area contributed by atoms with Crippen molar-refractivity contribution in [2.24, 2.45) is 17.1 Å². The maximum atomic E-state index is 14.4. The van der Waals surface area contributed by atoms with E-state index in [4.69, 9.17) is 15.2 Å². The second-order valence-corrected chi connectivity index (χ2v) is 19.0. The zero-order chi connectivity index (χ0) is 37.0. The molecule has 5 nitrogen and oxygen atoms in total. The first kappa shape index (κ1) is 43.2. The van der Waals surface area contributed by atoms with Gasteiger partial charge in [0, 0.05) is 35.9 Å². The Bertz CT molecular complexity index is 1120. The zero-order valence-electron chi connectivity index (χ0n) is 34.1. The monoisotopic (exact) mass is 657 g/mol. The van der Waals surface area contributed by atoms with E-state index in [1.165, 1.54) is 22.3 Å². The quantitative estimate of drug-likeness (QED) is 0.173.